The van der Waals surface area contributed by atoms with Crippen LogP contribution in [0.3, 0.4) is 0 Å². The van der Waals surface area contributed by atoms with Crippen LogP contribution in [0.25, 0.3) is 0 Å². The first kappa shape index (κ1) is 18.0. The van der Waals surface area contributed by atoms with E-state index in [9.17, 15) is 14.8 Å². The summed E-state index contributed by atoms with van der Waals surface area (Å²) in [6, 6.07) is 0. The Labute approximate surface area is 139 Å². The highest BCUT2D eigenvalue weighted by Crippen LogP contribution is 2.33. The van der Waals surface area contributed by atoms with E-state index in [0.717, 1.165) is 0 Å². The SMILES string of the molecule is CCC1OCc2c(COC(C)=O)c(COC(C)=O)[n+]([O-])c(C)c2O1. The molecule has 0 saturated heterocycles. The second-order valence-electron chi connectivity index (χ2n) is 5.44. The normalized spacial score (nSPS) is 16.1. The smallest absolute Gasteiger partial charge is 0.303 e. The van der Waals surface area contributed by atoms with Crippen molar-refractivity contribution in [2.24, 2.45) is 0 Å². The number of esters is 2. The van der Waals surface area contributed by atoms with Gasteiger partial charge in [0.25, 0.3) is 0 Å². The lowest BCUT2D eigenvalue weighted by Gasteiger charge is -2.28. The molecule has 2 heterocycles. The van der Waals surface area contributed by atoms with Crippen molar-refractivity contribution in [3.05, 3.63) is 27.7 Å². The number of pyridine rings is 1. The van der Waals surface area contributed by atoms with Crippen molar-refractivity contribution in [2.75, 3.05) is 0 Å². The highest BCUT2D eigenvalue weighted by Gasteiger charge is 2.32. The molecule has 0 N–H and O–H groups in total. The average molecular weight is 339 g/mol. The van der Waals surface area contributed by atoms with Crippen LogP contribution in [0.2, 0.25) is 0 Å². The maximum absolute atomic E-state index is 12.6. The Bertz CT molecular complexity index is 657. The van der Waals surface area contributed by atoms with Gasteiger partial charge in [0, 0.05) is 32.8 Å². The van der Waals surface area contributed by atoms with E-state index >= 15 is 0 Å². The molecule has 8 nitrogen and oxygen atoms in total. The lowest BCUT2D eigenvalue weighted by molar-refractivity contribution is -0.624. The van der Waals surface area contributed by atoms with E-state index in [1.165, 1.54) is 13.8 Å². The molecule has 1 unspecified atom stereocenters. The largest absolute Gasteiger partial charge is 0.618 e. The van der Waals surface area contributed by atoms with Crippen LogP contribution in [0.5, 0.6) is 5.75 Å². The van der Waals surface area contributed by atoms with Gasteiger partial charge < -0.3 is 24.2 Å². The summed E-state index contributed by atoms with van der Waals surface area (Å²) in [7, 11) is 0. The molecule has 0 aromatic carbocycles. The molecule has 132 valence electrons. The lowest BCUT2D eigenvalue weighted by atomic mass is 10.0. The quantitative estimate of drug-likeness (QED) is 0.454. The van der Waals surface area contributed by atoms with Gasteiger partial charge in [-0.05, 0) is 0 Å². The first-order chi connectivity index (χ1) is 11.3. The molecular formula is C16H21NO7. The summed E-state index contributed by atoms with van der Waals surface area (Å²) in [6.45, 7) is 5.93. The Hall–Kier alpha value is -2.35. The van der Waals surface area contributed by atoms with Gasteiger partial charge in [-0.1, -0.05) is 6.92 Å². The van der Waals surface area contributed by atoms with E-state index in [0.29, 0.717) is 33.7 Å². The fourth-order valence-corrected chi connectivity index (χ4v) is 2.46. The number of aromatic nitrogens is 1. The molecule has 1 aromatic rings. The molecule has 8 heteroatoms. The van der Waals surface area contributed by atoms with Crippen LogP contribution in [0.1, 0.15) is 49.7 Å². The standard InChI is InChI=1S/C16H21NO7/c1-5-15-23-7-13-12(6-21-10(3)18)14(8-22-11(4)19)17(20)9(2)16(13)24-15/h15H,5-8H2,1-4H3. The van der Waals surface area contributed by atoms with Crippen molar-refractivity contribution < 1.29 is 33.3 Å². The molecule has 1 aliphatic heterocycles. The molecule has 0 aliphatic carbocycles. The van der Waals surface area contributed by atoms with Crippen molar-refractivity contribution in [1.82, 2.24) is 0 Å². The highest BCUT2D eigenvalue weighted by atomic mass is 16.7. The minimum Gasteiger partial charge on any atom is -0.618 e. The second kappa shape index (κ2) is 7.48. The summed E-state index contributed by atoms with van der Waals surface area (Å²) in [5, 5.41) is 12.6. The van der Waals surface area contributed by atoms with E-state index in [1.807, 2.05) is 6.92 Å². The molecule has 0 spiro atoms. The minimum absolute atomic E-state index is 0.125. The fraction of sp³-hybridized carbons (Fsp3) is 0.562. The summed E-state index contributed by atoms with van der Waals surface area (Å²) in [5.41, 5.74) is 1.62. The number of carbonyl (C=O) groups is 2. The van der Waals surface area contributed by atoms with Crippen molar-refractivity contribution >= 4 is 11.9 Å². The van der Waals surface area contributed by atoms with Crippen molar-refractivity contribution in [2.45, 2.75) is 60.2 Å². The Morgan fingerprint density at radius 1 is 1.25 bits per heavy atom. The van der Waals surface area contributed by atoms with E-state index < -0.39 is 18.2 Å². The third kappa shape index (κ3) is 3.76. The molecule has 1 atom stereocenters. The molecule has 0 radical (unpaired) electrons. The number of hydrogen-bond donors (Lipinski definition) is 0. The Balaban J connectivity index is 2.50. The highest BCUT2D eigenvalue weighted by molar-refractivity contribution is 5.66. The summed E-state index contributed by atoms with van der Waals surface area (Å²) in [4.78, 5) is 22.3. The minimum atomic E-state index is -0.512. The Kier molecular flexibility index (Phi) is 5.61. The molecule has 0 saturated carbocycles. The monoisotopic (exact) mass is 339 g/mol. The van der Waals surface area contributed by atoms with Gasteiger partial charge in [0.2, 0.25) is 11.4 Å². The zero-order chi connectivity index (χ0) is 17.9. The first-order valence-corrected chi connectivity index (χ1v) is 7.66. The summed E-state index contributed by atoms with van der Waals surface area (Å²) < 4.78 is 22.0. The number of nitrogens with zero attached hydrogens (tertiary/aromatic N) is 1. The number of carbonyl (C=O) groups excluding carboxylic acids is 2. The van der Waals surface area contributed by atoms with Gasteiger partial charge in [-0.3, -0.25) is 9.59 Å². The van der Waals surface area contributed by atoms with Crippen LogP contribution in [0, 0.1) is 12.1 Å². The molecule has 2 rings (SSSR count). The van der Waals surface area contributed by atoms with Crippen LogP contribution in [0.4, 0.5) is 0 Å². The van der Waals surface area contributed by atoms with E-state index in [2.05, 4.69) is 0 Å². The number of ether oxygens (including phenoxy) is 4. The number of hydrogen-bond acceptors (Lipinski definition) is 7. The first-order valence-electron chi connectivity index (χ1n) is 7.66. The van der Waals surface area contributed by atoms with Crippen molar-refractivity contribution in [3.8, 4) is 5.75 Å². The molecule has 0 bridgehead atoms. The summed E-state index contributed by atoms with van der Waals surface area (Å²) in [6.07, 6.45) is 0.198. The maximum Gasteiger partial charge on any atom is 0.303 e. The predicted molar refractivity (Wildman–Crippen MR) is 80.6 cm³/mol. The summed E-state index contributed by atoms with van der Waals surface area (Å²) in [5.74, 6) is -0.566. The Morgan fingerprint density at radius 2 is 1.88 bits per heavy atom. The lowest BCUT2D eigenvalue weighted by Crippen LogP contribution is -2.41. The molecule has 0 fully saturated rings. The van der Waals surface area contributed by atoms with Gasteiger partial charge in [-0.15, -0.1) is 0 Å². The van der Waals surface area contributed by atoms with Gasteiger partial charge >= 0.3 is 11.9 Å². The van der Waals surface area contributed by atoms with Crippen molar-refractivity contribution in [3.63, 3.8) is 0 Å². The average Bonchev–Trinajstić information content (AvgIpc) is 2.55. The third-order valence-electron chi connectivity index (χ3n) is 3.69. The molecule has 0 amide bonds. The van der Waals surface area contributed by atoms with Gasteiger partial charge in [0.1, 0.15) is 6.61 Å². The number of rotatable bonds is 5. The van der Waals surface area contributed by atoms with E-state index in [4.69, 9.17) is 18.9 Å². The number of fused-ring (bicyclic) bond motifs is 1. The van der Waals surface area contributed by atoms with E-state index in [1.54, 1.807) is 6.92 Å². The molecule has 1 aromatic heterocycles. The van der Waals surface area contributed by atoms with Gasteiger partial charge in [0.05, 0.1) is 12.2 Å². The molecular weight excluding hydrogens is 318 g/mol. The van der Waals surface area contributed by atoms with Gasteiger partial charge in [0.15, 0.2) is 18.6 Å². The van der Waals surface area contributed by atoms with Gasteiger partial charge in [-0.25, -0.2) is 0 Å². The van der Waals surface area contributed by atoms with Crippen LogP contribution < -0.4 is 9.47 Å². The third-order valence-corrected chi connectivity index (χ3v) is 3.69. The topological polar surface area (TPSA) is 98.0 Å². The van der Waals surface area contributed by atoms with Crippen LogP contribution in [0.15, 0.2) is 0 Å². The van der Waals surface area contributed by atoms with Crippen molar-refractivity contribution in [1.29, 1.82) is 0 Å². The zero-order valence-corrected chi connectivity index (χ0v) is 14.2. The fourth-order valence-electron chi connectivity index (χ4n) is 2.46. The van der Waals surface area contributed by atoms with Crippen LogP contribution in [-0.2, 0) is 43.6 Å². The predicted octanol–water partition coefficient (Wildman–Crippen LogP) is 1.40. The maximum atomic E-state index is 12.6. The second-order valence-corrected chi connectivity index (χ2v) is 5.44. The van der Waals surface area contributed by atoms with Crippen LogP contribution in [-0.4, -0.2) is 18.2 Å². The molecule has 24 heavy (non-hydrogen) atoms. The van der Waals surface area contributed by atoms with Crippen LogP contribution >= 0.6 is 0 Å². The van der Waals surface area contributed by atoms with Gasteiger partial charge in [-0.2, -0.15) is 4.73 Å². The molecule has 1 aliphatic rings. The zero-order valence-electron chi connectivity index (χ0n) is 14.2. The summed E-state index contributed by atoms with van der Waals surface area (Å²) >= 11 is 0. The Morgan fingerprint density at radius 3 is 2.46 bits per heavy atom. The van der Waals surface area contributed by atoms with E-state index in [-0.39, 0.29) is 25.5 Å².